The number of carboxylic acid groups (broad SMARTS) is 1. The molecule has 5 heteroatoms. The van der Waals surface area contributed by atoms with E-state index in [9.17, 15) is 9.59 Å². The topological polar surface area (TPSA) is 69.6 Å². The van der Waals surface area contributed by atoms with E-state index in [4.69, 9.17) is 5.11 Å². The number of aliphatic carboxylic acids is 1. The van der Waals surface area contributed by atoms with Crippen LogP contribution in [0.4, 0.5) is 0 Å². The summed E-state index contributed by atoms with van der Waals surface area (Å²) >= 11 is 0. The summed E-state index contributed by atoms with van der Waals surface area (Å²) in [5.41, 5.74) is 0. The minimum Gasteiger partial charge on any atom is -0.481 e. The van der Waals surface area contributed by atoms with Crippen LogP contribution in [0.2, 0.25) is 0 Å². The molecular formula is C11H20N2O3. The second-order valence-electron chi connectivity index (χ2n) is 4.16. The lowest BCUT2D eigenvalue weighted by Crippen LogP contribution is -2.47. The van der Waals surface area contributed by atoms with Crippen molar-refractivity contribution in [1.82, 2.24) is 10.2 Å². The molecule has 2 N–H and O–H groups in total. The van der Waals surface area contributed by atoms with Crippen LogP contribution in [0, 0.1) is 0 Å². The monoisotopic (exact) mass is 228 g/mol. The van der Waals surface area contributed by atoms with E-state index in [1.54, 1.807) is 7.05 Å². The lowest BCUT2D eigenvalue weighted by atomic mass is 10.1. The summed E-state index contributed by atoms with van der Waals surface area (Å²) < 4.78 is 0. The molecule has 0 aromatic carbocycles. The Hall–Kier alpha value is -1.10. The molecule has 1 saturated heterocycles. The fourth-order valence-electron chi connectivity index (χ4n) is 1.99. The van der Waals surface area contributed by atoms with Crippen molar-refractivity contribution in [3.05, 3.63) is 0 Å². The van der Waals surface area contributed by atoms with Crippen molar-refractivity contribution >= 4 is 11.9 Å². The maximum absolute atomic E-state index is 12.0. The van der Waals surface area contributed by atoms with Crippen molar-refractivity contribution in [3.8, 4) is 0 Å². The number of piperidine rings is 1. The van der Waals surface area contributed by atoms with Crippen molar-refractivity contribution < 1.29 is 14.7 Å². The van der Waals surface area contributed by atoms with Crippen LogP contribution in [0.15, 0.2) is 0 Å². The molecule has 0 aromatic heterocycles. The van der Waals surface area contributed by atoms with Gasteiger partial charge in [0.05, 0.1) is 6.04 Å². The fourth-order valence-corrected chi connectivity index (χ4v) is 1.99. The number of hydrogen-bond acceptors (Lipinski definition) is 3. The Bertz CT molecular complexity index is 250. The van der Waals surface area contributed by atoms with Gasteiger partial charge in [-0.15, -0.1) is 0 Å². The van der Waals surface area contributed by atoms with Gasteiger partial charge in [0.2, 0.25) is 5.91 Å². The van der Waals surface area contributed by atoms with E-state index in [2.05, 4.69) is 5.32 Å². The maximum atomic E-state index is 12.0. The van der Waals surface area contributed by atoms with E-state index in [-0.39, 0.29) is 18.4 Å². The van der Waals surface area contributed by atoms with Gasteiger partial charge in [-0.05, 0) is 32.7 Å². The molecule has 1 rings (SSSR count). The number of rotatable bonds is 5. The van der Waals surface area contributed by atoms with Crippen molar-refractivity contribution in [2.45, 2.75) is 38.1 Å². The van der Waals surface area contributed by atoms with Gasteiger partial charge in [-0.2, -0.15) is 0 Å². The smallest absolute Gasteiger partial charge is 0.303 e. The van der Waals surface area contributed by atoms with Crippen LogP contribution in [-0.4, -0.2) is 48.1 Å². The SMILES string of the molecule is CNC(CCC(=O)O)C(=O)N1CCCCC1. The molecule has 5 nitrogen and oxygen atoms in total. The van der Waals surface area contributed by atoms with Crippen LogP contribution >= 0.6 is 0 Å². The minimum absolute atomic E-state index is 0.0328. The van der Waals surface area contributed by atoms with Crippen molar-refractivity contribution in [2.24, 2.45) is 0 Å². The first-order chi connectivity index (χ1) is 7.65. The maximum Gasteiger partial charge on any atom is 0.303 e. The van der Waals surface area contributed by atoms with E-state index < -0.39 is 5.97 Å². The molecule has 16 heavy (non-hydrogen) atoms. The first-order valence-corrected chi connectivity index (χ1v) is 5.83. The second-order valence-corrected chi connectivity index (χ2v) is 4.16. The Morgan fingerprint density at radius 1 is 1.31 bits per heavy atom. The van der Waals surface area contributed by atoms with Gasteiger partial charge >= 0.3 is 5.97 Å². The van der Waals surface area contributed by atoms with Gasteiger partial charge in [0.15, 0.2) is 0 Å². The molecule has 0 saturated carbocycles. The molecule has 1 atom stereocenters. The Morgan fingerprint density at radius 3 is 2.44 bits per heavy atom. The zero-order valence-electron chi connectivity index (χ0n) is 9.74. The summed E-state index contributed by atoms with van der Waals surface area (Å²) in [7, 11) is 1.70. The molecule has 1 aliphatic heterocycles. The fraction of sp³-hybridized carbons (Fsp3) is 0.818. The number of likely N-dealkylation sites (tertiary alicyclic amines) is 1. The van der Waals surface area contributed by atoms with Gasteiger partial charge in [-0.3, -0.25) is 9.59 Å². The van der Waals surface area contributed by atoms with E-state index in [0.717, 1.165) is 25.9 Å². The van der Waals surface area contributed by atoms with E-state index in [1.807, 2.05) is 4.90 Å². The average Bonchev–Trinajstić information content (AvgIpc) is 2.30. The molecule has 0 aromatic rings. The van der Waals surface area contributed by atoms with Crippen LogP contribution in [0.3, 0.4) is 0 Å². The Kier molecular flexibility index (Phi) is 5.25. The Balaban J connectivity index is 2.44. The Labute approximate surface area is 95.8 Å². The summed E-state index contributed by atoms with van der Waals surface area (Å²) in [6, 6.07) is -0.353. The molecule has 0 spiro atoms. The minimum atomic E-state index is -0.855. The normalized spacial score (nSPS) is 18.2. The zero-order valence-corrected chi connectivity index (χ0v) is 9.74. The van der Waals surface area contributed by atoms with Gasteiger partial charge in [0.1, 0.15) is 0 Å². The van der Waals surface area contributed by atoms with Crippen molar-refractivity contribution in [1.29, 1.82) is 0 Å². The van der Waals surface area contributed by atoms with Crippen molar-refractivity contribution in [2.75, 3.05) is 20.1 Å². The molecule has 1 unspecified atom stereocenters. The third kappa shape index (κ3) is 3.81. The predicted octanol–water partition coefficient (Wildman–Crippen LogP) is 0.452. The van der Waals surface area contributed by atoms with Crippen molar-refractivity contribution in [3.63, 3.8) is 0 Å². The standard InChI is InChI=1S/C11H20N2O3/c1-12-9(5-6-10(14)15)11(16)13-7-3-2-4-8-13/h9,12H,2-8H2,1H3,(H,14,15). The lowest BCUT2D eigenvalue weighted by Gasteiger charge is -2.30. The summed E-state index contributed by atoms with van der Waals surface area (Å²) in [5, 5.41) is 11.5. The summed E-state index contributed by atoms with van der Waals surface area (Å²) in [6.07, 6.45) is 3.69. The molecule has 1 amide bonds. The number of carbonyl (C=O) groups excluding carboxylic acids is 1. The van der Waals surface area contributed by atoms with Gasteiger partial charge in [0.25, 0.3) is 0 Å². The molecule has 0 bridgehead atoms. The molecule has 92 valence electrons. The van der Waals surface area contributed by atoms with E-state index in [1.165, 1.54) is 6.42 Å². The van der Waals surface area contributed by atoms with Gasteiger partial charge in [-0.25, -0.2) is 0 Å². The molecule has 1 heterocycles. The number of carboxylic acids is 1. The second kappa shape index (κ2) is 6.48. The van der Waals surface area contributed by atoms with Crippen LogP contribution in [-0.2, 0) is 9.59 Å². The summed E-state index contributed by atoms with van der Waals surface area (Å²) in [6.45, 7) is 1.62. The van der Waals surface area contributed by atoms with Crippen LogP contribution in [0.25, 0.3) is 0 Å². The highest BCUT2D eigenvalue weighted by Gasteiger charge is 2.24. The number of nitrogens with zero attached hydrogens (tertiary/aromatic N) is 1. The number of likely N-dealkylation sites (N-methyl/N-ethyl adjacent to an activating group) is 1. The predicted molar refractivity (Wildman–Crippen MR) is 60.1 cm³/mol. The highest BCUT2D eigenvalue weighted by atomic mass is 16.4. The van der Waals surface area contributed by atoms with Gasteiger partial charge in [0, 0.05) is 19.5 Å². The third-order valence-corrected chi connectivity index (χ3v) is 2.96. The molecular weight excluding hydrogens is 208 g/mol. The highest BCUT2D eigenvalue weighted by molar-refractivity contribution is 5.82. The van der Waals surface area contributed by atoms with Crippen LogP contribution < -0.4 is 5.32 Å². The third-order valence-electron chi connectivity index (χ3n) is 2.96. The largest absolute Gasteiger partial charge is 0.481 e. The lowest BCUT2D eigenvalue weighted by molar-refractivity contribution is -0.138. The summed E-state index contributed by atoms with van der Waals surface area (Å²) in [5.74, 6) is -0.810. The van der Waals surface area contributed by atoms with Crippen LogP contribution in [0.5, 0.6) is 0 Å². The molecule has 0 aliphatic carbocycles. The van der Waals surface area contributed by atoms with E-state index >= 15 is 0 Å². The Morgan fingerprint density at radius 2 is 1.94 bits per heavy atom. The first kappa shape index (κ1) is 13.0. The number of nitrogens with one attached hydrogen (secondary N) is 1. The highest BCUT2D eigenvalue weighted by Crippen LogP contribution is 2.11. The molecule has 0 radical (unpaired) electrons. The molecule has 1 fully saturated rings. The average molecular weight is 228 g/mol. The van der Waals surface area contributed by atoms with Crippen LogP contribution in [0.1, 0.15) is 32.1 Å². The number of hydrogen-bond donors (Lipinski definition) is 2. The van der Waals surface area contributed by atoms with Gasteiger partial charge in [-0.1, -0.05) is 0 Å². The van der Waals surface area contributed by atoms with E-state index in [0.29, 0.717) is 6.42 Å². The number of carbonyl (C=O) groups is 2. The summed E-state index contributed by atoms with van der Waals surface area (Å²) in [4.78, 5) is 24.3. The molecule has 1 aliphatic rings. The quantitative estimate of drug-likeness (QED) is 0.717. The first-order valence-electron chi connectivity index (χ1n) is 5.83. The zero-order chi connectivity index (χ0) is 12.0. The van der Waals surface area contributed by atoms with Gasteiger partial charge < -0.3 is 15.3 Å². The number of amides is 1.